The van der Waals surface area contributed by atoms with E-state index in [-0.39, 0.29) is 17.0 Å². The van der Waals surface area contributed by atoms with Crippen LogP contribution in [0.5, 0.6) is 0 Å². The Morgan fingerprint density at radius 3 is 2.64 bits per heavy atom. The molecular weight excluding hydrogens is 258 g/mol. The molecule has 6 heteroatoms. The van der Waals surface area contributed by atoms with E-state index in [1.54, 1.807) is 6.07 Å². The van der Waals surface area contributed by atoms with E-state index in [1.165, 1.54) is 12.1 Å². The van der Waals surface area contributed by atoms with Crippen LogP contribution in [0.1, 0.15) is 17.6 Å². The SMILES string of the molecule is N/C(=N\O)c1ccc(Br)cc1C(F)F. The monoisotopic (exact) mass is 264 g/mol. The average molecular weight is 265 g/mol. The Kier molecular flexibility index (Phi) is 3.40. The van der Waals surface area contributed by atoms with E-state index in [9.17, 15) is 8.78 Å². The highest BCUT2D eigenvalue weighted by atomic mass is 79.9. The summed E-state index contributed by atoms with van der Waals surface area (Å²) in [5.41, 5.74) is 5.00. The van der Waals surface area contributed by atoms with Gasteiger partial charge in [0.05, 0.1) is 0 Å². The minimum atomic E-state index is -2.66. The lowest BCUT2D eigenvalue weighted by atomic mass is 10.1. The zero-order valence-electron chi connectivity index (χ0n) is 6.92. The highest BCUT2D eigenvalue weighted by molar-refractivity contribution is 9.10. The number of hydrogen-bond acceptors (Lipinski definition) is 2. The van der Waals surface area contributed by atoms with Crippen molar-refractivity contribution in [2.24, 2.45) is 10.9 Å². The molecule has 0 amide bonds. The number of alkyl halides is 2. The van der Waals surface area contributed by atoms with Gasteiger partial charge in [-0.15, -0.1) is 0 Å². The molecule has 0 fully saturated rings. The van der Waals surface area contributed by atoms with Crippen molar-refractivity contribution in [3.63, 3.8) is 0 Å². The van der Waals surface area contributed by atoms with Crippen LogP contribution in [0, 0.1) is 0 Å². The summed E-state index contributed by atoms with van der Waals surface area (Å²) in [6, 6.07) is 4.14. The summed E-state index contributed by atoms with van der Waals surface area (Å²) in [6.45, 7) is 0. The number of benzene rings is 1. The molecule has 0 aromatic heterocycles. The van der Waals surface area contributed by atoms with Crippen molar-refractivity contribution in [3.05, 3.63) is 33.8 Å². The molecule has 3 nitrogen and oxygen atoms in total. The maximum absolute atomic E-state index is 12.5. The molecule has 76 valence electrons. The van der Waals surface area contributed by atoms with Crippen LogP contribution in [0.25, 0.3) is 0 Å². The Balaban J connectivity index is 3.29. The van der Waals surface area contributed by atoms with Gasteiger partial charge in [0.25, 0.3) is 6.43 Å². The summed E-state index contributed by atoms with van der Waals surface area (Å²) in [5, 5.41) is 11.0. The predicted octanol–water partition coefficient (Wildman–Crippen LogP) is 2.48. The fraction of sp³-hybridized carbons (Fsp3) is 0.125. The summed E-state index contributed by atoms with van der Waals surface area (Å²) in [6.07, 6.45) is -2.66. The molecule has 3 N–H and O–H groups in total. The second kappa shape index (κ2) is 4.36. The van der Waals surface area contributed by atoms with Gasteiger partial charge in [-0.3, -0.25) is 0 Å². The maximum Gasteiger partial charge on any atom is 0.264 e. The van der Waals surface area contributed by atoms with Crippen LogP contribution >= 0.6 is 15.9 Å². The van der Waals surface area contributed by atoms with E-state index in [2.05, 4.69) is 21.1 Å². The number of amidine groups is 1. The van der Waals surface area contributed by atoms with Crippen LogP contribution in [-0.4, -0.2) is 11.0 Å². The number of hydrogen-bond donors (Lipinski definition) is 2. The summed E-state index contributed by atoms with van der Waals surface area (Å²) in [4.78, 5) is 0. The molecule has 1 rings (SSSR count). The highest BCUT2D eigenvalue weighted by Crippen LogP contribution is 2.26. The normalized spacial score (nSPS) is 12.1. The van der Waals surface area contributed by atoms with Crippen LogP contribution in [0.2, 0.25) is 0 Å². The topological polar surface area (TPSA) is 58.6 Å². The Morgan fingerprint density at radius 1 is 1.50 bits per heavy atom. The molecule has 0 bridgehead atoms. The van der Waals surface area contributed by atoms with Gasteiger partial charge in [0.2, 0.25) is 0 Å². The molecule has 0 aliphatic rings. The molecular formula is C8H7BrF2N2O. The molecule has 0 radical (unpaired) electrons. The molecule has 1 aromatic carbocycles. The van der Waals surface area contributed by atoms with Crippen molar-refractivity contribution < 1.29 is 14.0 Å². The molecule has 1 aromatic rings. The van der Waals surface area contributed by atoms with Crippen molar-refractivity contribution in [2.75, 3.05) is 0 Å². The number of oxime groups is 1. The van der Waals surface area contributed by atoms with Crippen molar-refractivity contribution in [1.82, 2.24) is 0 Å². The molecule has 14 heavy (non-hydrogen) atoms. The van der Waals surface area contributed by atoms with Crippen LogP contribution in [-0.2, 0) is 0 Å². The lowest BCUT2D eigenvalue weighted by Gasteiger charge is -2.07. The first-order valence-electron chi connectivity index (χ1n) is 3.61. The summed E-state index contributed by atoms with van der Waals surface area (Å²) in [5.74, 6) is -0.326. The minimum absolute atomic E-state index is 0.0331. The summed E-state index contributed by atoms with van der Waals surface area (Å²) in [7, 11) is 0. The predicted molar refractivity (Wildman–Crippen MR) is 51.6 cm³/mol. The largest absolute Gasteiger partial charge is 0.409 e. The standard InChI is InChI=1S/C8H7BrF2N2O/c9-4-1-2-5(8(12)13-14)6(3-4)7(10)11/h1-3,7,14H,(H2,12,13). The zero-order valence-corrected chi connectivity index (χ0v) is 8.50. The van der Waals surface area contributed by atoms with Gasteiger partial charge >= 0.3 is 0 Å². The Bertz CT molecular complexity index is 368. The van der Waals surface area contributed by atoms with E-state index in [0.717, 1.165) is 0 Å². The zero-order chi connectivity index (χ0) is 10.7. The van der Waals surface area contributed by atoms with Crippen molar-refractivity contribution >= 4 is 21.8 Å². The van der Waals surface area contributed by atoms with Crippen LogP contribution < -0.4 is 5.73 Å². The Morgan fingerprint density at radius 2 is 2.14 bits per heavy atom. The van der Waals surface area contributed by atoms with Gasteiger partial charge < -0.3 is 10.9 Å². The number of halogens is 3. The molecule has 0 aliphatic heterocycles. The van der Waals surface area contributed by atoms with Gasteiger partial charge in [0.15, 0.2) is 5.84 Å². The fourth-order valence-corrected chi connectivity index (χ4v) is 1.38. The number of nitrogens with two attached hydrogens (primary N) is 1. The summed E-state index contributed by atoms with van der Waals surface area (Å²) < 4.78 is 25.5. The Labute approximate surface area is 87.3 Å². The molecule has 0 heterocycles. The van der Waals surface area contributed by atoms with Crippen LogP contribution in [0.3, 0.4) is 0 Å². The van der Waals surface area contributed by atoms with Gasteiger partial charge in [-0.25, -0.2) is 8.78 Å². The van der Waals surface area contributed by atoms with E-state index in [0.29, 0.717) is 4.47 Å². The smallest absolute Gasteiger partial charge is 0.264 e. The first-order valence-corrected chi connectivity index (χ1v) is 4.41. The maximum atomic E-state index is 12.5. The molecule has 0 saturated carbocycles. The lowest BCUT2D eigenvalue weighted by molar-refractivity contribution is 0.151. The van der Waals surface area contributed by atoms with Gasteiger partial charge in [-0.05, 0) is 18.2 Å². The van der Waals surface area contributed by atoms with Crippen molar-refractivity contribution in [3.8, 4) is 0 Å². The van der Waals surface area contributed by atoms with Crippen LogP contribution in [0.15, 0.2) is 27.8 Å². The molecule has 0 aliphatic carbocycles. The van der Waals surface area contributed by atoms with Gasteiger partial charge in [0, 0.05) is 15.6 Å². The molecule has 0 unspecified atom stereocenters. The molecule has 0 saturated heterocycles. The van der Waals surface area contributed by atoms with Gasteiger partial charge in [-0.2, -0.15) is 0 Å². The average Bonchev–Trinajstić information content (AvgIpc) is 2.16. The van der Waals surface area contributed by atoms with E-state index in [4.69, 9.17) is 10.9 Å². The van der Waals surface area contributed by atoms with Crippen molar-refractivity contribution in [1.29, 1.82) is 0 Å². The third-order valence-corrected chi connectivity index (χ3v) is 2.13. The second-order valence-corrected chi connectivity index (χ2v) is 3.43. The van der Waals surface area contributed by atoms with Crippen LogP contribution in [0.4, 0.5) is 8.78 Å². The Hall–Kier alpha value is -1.17. The first-order chi connectivity index (χ1) is 6.56. The van der Waals surface area contributed by atoms with E-state index >= 15 is 0 Å². The second-order valence-electron chi connectivity index (χ2n) is 2.52. The van der Waals surface area contributed by atoms with E-state index < -0.39 is 6.43 Å². The fourth-order valence-electron chi connectivity index (χ4n) is 1.00. The third kappa shape index (κ3) is 2.20. The van der Waals surface area contributed by atoms with E-state index in [1.807, 2.05) is 0 Å². The third-order valence-electron chi connectivity index (χ3n) is 1.63. The number of rotatable bonds is 2. The highest BCUT2D eigenvalue weighted by Gasteiger charge is 2.15. The van der Waals surface area contributed by atoms with Crippen molar-refractivity contribution in [2.45, 2.75) is 6.43 Å². The van der Waals surface area contributed by atoms with Gasteiger partial charge in [-0.1, -0.05) is 21.1 Å². The van der Waals surface area contributed by atoms with Gasteiger partial charge in [0.1, 0.15) is 0 Å². The lowest BCUT2D eigenvalue weighted by Crippen LogP contribution is -2.15. The molecule has 0 spiro atoms. The quantitative estimate of drug-likeness (QED) is 0.373. The summed E-state index contributed by atoms with van der Waals surface area (Å²) >= 11 is 3.06. The minimum Gasteiger partial charge on any atom is -0.409 e. The number of nitrogens with zero attached hydrogens (tertiary/aromatic N) is 1. The molecule has 0 atom stereocenters. The first kappa shape index (κ1) is 10.9.